The standard InChI is InChI=1S/C18H27N3O4S2/c1-4-12-27(24,25)21-11-5-6-14(13-21)17(22)19-15-7-9-16(10-8-15)26-18(23)20(2)3/h7-10,14H,4-6,11-13H2,1-3H3,(H,19,22). The number of rotatable bonds is 6. The fourth-order valence-corrected chi connectivity index (χ4v) is 5.08. The van der Waals surface area contributed by atoms with Gasteiger partial charge in [0, 0.05) is 37.8 Å². The zero-order chi connectivity index (χ0) is 20.0. The number of thioether (sulfide) groups is 1. The summed E-state index contributed by atoms with van der Waals surface area (Å²) >= 11 is 1.12. The molecular weight excluding hydrogens is 386 g/mol. The summed E-state index contributed by atoms with van der Waals surface area (Å²) in [6.45, 7) is 2.55. The van der Waals surface area contributed by atoms with E-state index >= 15 is 0 Å². The van der Waals surface area contributed by atoms with Crippen molar-refractivity contribution in [3.05, 3.63) is 24.3 Å². The van der Waals surface area contributed by atoms with Crippen molar-refractivity contribution in [2.75, 3.05) is 38.3 Å². The van der Waals surface area contributed by atoms with Crippen molar-refractivity contribution >= 4 is 38.6 Å². The minimum Gasteiger partial charge on any atom is -0.339 e. The molecule has 27 heavy (non-hydrogen) atoms. The molecule has 150 valence electrons. The van der Waals surface area contributed by atoms with Crippen LogP contribution in [0.15, 0.2) is 29.2 Å². The van der Waals surface area contributed by atoms with E-state index in [1.54, 1.807) is 38.4 Å². The van der Waals surface area contributed by atoms with Gasteiger partial charge in [-0.3, -0.25) is 9.59 Å². The van der Waals surface area contributed by atoms with Crippen molar-refractivity contribution < 1.29 is 18.0 Å². The normalized spacial score (nSPS) is 18.1. The minimum atomic E-state index is -3.28. The molecule has 0 spiro atoms. The summed E-state index contributed by atoms with van der Waals surface area (Å²) < 4.78 is 25.9. The summed E-state index contributed by atoms with van der Waals surface area (Å²) in [4.78, 5) is 26.6. The van der Waals surface area contributed by atoms with Crippen LogP contribution in [-0.2, 0) is 14.8 Å². The Morgan fingerprint density at radius 3 is 2.52 bits per heavy atom. The molecule has 1 unspecified atom stereocenters. The molecule has 1 atom stereocenters. The number of carbonyl (C=O) groups excluding carboxylic acids is 2. The monoisotopic (exact) mass is 413 g/mol. The van der Waals surface area contributed by atoms with Crippen LogP contribution >= 0.6 is 11.8 Å². The third-order valence-electron chi connectivity index (χ3n) is 4.30. The number of hydrogen-bond donors (Lipinski definition) is 1. The van der Waals surface area contributed by atoms with Crippen LogP contribution in [0.4, 0.5) is 10.5 Å². The quantitative estimate of drug-likeness (QED) is 0.725. The third kappa shape index (κ3) is 6.22. The maximum absolute atomic E-state index is 12.6. The lowest BCUT2D eigenvalue weighted by Gasteiger charge is -2.31. The summed E-state index contributed by atoms with van der Waals surface area (Å²) in [5.74, 6) is -0.405. The molecule has 1 aromatic rings. The predicted octanol–water partition coefficient (Wildman–Crippen LogP) is 2.85. The first-order valence-corrected chi connectivity index (χ1v) is 11.4. The fraction of sp³-hybridized carbons (Fsp3) is 0.556. The predicted molar refractivity (Wildman–Crippen MR) is 108 cm³/mol. The second-order valence-electron chi connectivity index (χ2n) is 6.79. The molecule has 0 saturated carbocycles. The van der Waals surface area contributed by atoms with Crippen LogP contribution in [0.25, 0.3) is 0 Å². The molecule has 1 saturated heterocycles. The van der Waals surface area contributed by atoms with Crippen molar-refractivity contribution in [1.29, 1.82) is 0 Å². The molecule has 1 aliphatic rings. The Morgan fingerprint density at radius 1 is 1.26 bits per heavy atom. The number of piperidine rings is 1. The van der Waals surface area contributed by atoms with E-state index in [-0.39, 0.29) is 29.4 Å². The maximum atomic E-state index is 12.6. The number of amides is 2. The smallest absolute Gasteiger partial charge is 0.285 e. The molecule has 1 aromatic carbocycles. The summed E-state index contributed by atoms with van der Waals surface area (Å²) in [7, 11) is 0.103. The fourth-order valence-electron chi connectivity index (χ4n) is 2.84. The summed E-state index contributed by atoms with van der Waals surface area (Å²) in [6, 6.07) is 7.05. The first-order valence-electron chi connectivity index (χ1n) is 9.01. The van der Waals surface area contributed by atoms with Crippen LogP contribution in [0, 0.1) is 5.92 Å². The zero-order valence-electron chi connectivity index (χ0n) is 16.0. The van der Waals surface area contributed by atoms with E-state index in [1.165, 1.54) is 9.21 Å². The molecule has 0 aliphatic carbocycles. The topological polar surface area (TPSA) is 86.8 Å². The van der Waals surface area contributed by atoms with Gasteiger partial charge in [-0.15, -0.1) is 0 Å². The van der Waals surface area contributed by atoms with Gasteiger partial charge in [0.1, 0.15) is 0 Å². The van der Waals surface area contributed by atoms with Gasteiger partial charge in [-0.2, -0.15) is 0 Å². The second-order valence-corrected chi connectivity index (χ2v) is 9.90. The highest BCUT2D eigenvalue weighted by atomic mass is 32.2. The van der Waals surface area contributed by atoms with Gasteiger partial charge in [-0.05, 0) is 55.3 Å². The van der Waals surface area contributed by atoms with E-state index < -0.39 is 10.0 Å². The zero-order valence-corrected chi connectivity index (χ0v) is 17.6. The van der Waals surface area contributed by atoms with Crippen LogP contribution < -0.4 is 5.32 Å². The highest BCUT2D eigenvalue weighted by Crippen LogP contribution is 2.24. The number of carbonyl (C=O) groups is 2. The minimum absolute atomic E-state index is 0.0672. The largest absolute Gasteiger partial charge is 0.339 e. The van der Waals surface area contributed by atoms with Gasteiger partial charge in [-0.25, -0.2) is 12.7 Å². The van der Waals surface area contributed by atoms with Crippen molar-refractivity contribution in [1.82, 2.24) is 9.21 Å². The molecule has 1 aliphatic heterocycles. The molecule has 1 heterocycles. The van der Waals surface area contributed by atoms with E-state index in [4.69, 9.17) is 0 Å². The van der Waals surface area contributed by atoms with Gasteiger partial charge >= 0.3 is 0 Å². The molecule has 1 N–H and O–H groups in total. The van der Waals surface area contributed by atoms with Gasteiger partial charge in [-0.1, -0.05) is 6.92 Å². The number of benzene rings is 1. The Morgan fingerprint density at radius 2 is 1.93 bits per heavy atom. The van der Waals surface area contributed by atoms with Crippen LogP contribution in [0.2, 0.25) is 0 Å². The highest BCUT2D eigenvalue weighted by molar-refractivity contribution is 8.13. The lowest BCUT2D eigenvalue weighted by atomic mass is 9.99. The van der Waals surface area contributed by atoms with E-state index in [0.29, 0.717) is 31.5 Å². The van der Waals surface area contributed by atoms with Gasteiger partial charge in [0.05, 0.1) is 11.7 Å². The Labute approximate surface area is 165 Å². The Bertz CT molecular complexity index is 763. The van der Waals surface area contributed by atoms with Gasteiger partial charge < -0.3 is 10.2 Å². The van der Waals surface area contributed by atoms with Crippen molar-refractivity contribution in [2.24, 2.45) is 5.92 Å². The molecule has 0 radical (unpaired) electrons. The van der Waals surface area contributed by atoms with Gasteiger partial charge in [0.25, 0.3) is 5.24 Å². The van der Waals surface area contributed by atoms with Crippen molar-refractivity contribution in [3.63, 3.8) is 0 Å². The van der Waals surface area contributed by atoms with E-state index in [9.17, 15) is 18.0 Å². The lowest BCUT2D eigenvalue weighted by Crippen LogP contribution is -2.44. The average Bonchev–Trinajstić information content (AvgIpc) is 2.63. The third-order valence-corrected chi connectivity index (χ3v) is 7.39. The Kier molecular flexibility index (Phi) is 7.69. The SMILES string of the molecule is CCCS(=O)(=O)N1CCCC(C(=O)Nc2ccc(SC(=O)N(C)C)cc2)C1. The Hall–Kier alpha value is -1.58. The van der Waals surface area contributed by atoms with Crippen LogP contribution in [0.3, 0.4) is 0 Å². The maximum Gasteiger partial charge on any atom is 0.285 e. The second kappa shape index (κ2) is 9.57. The molecule has 2 rings (SSSR count). The molecule has 0 bridgehead atoms. The van der Waals surface area contributed by atoms with Crippen molar-refractivity contribution in [3.8, 4) is 0 Å². The van der Waals surface area contributed by atoms with Gasteiger partial charge in [0.15, 0.2) is 0 Å². The molecule has 0 aromatic heterocycles. The number of nitrogens with zero attached hydrogens (tertiary/aromatic N) is 2. The Balaban J connectivity index is 1.95. The van der Waals surface area contributed by atoms with E-state index in [2.05, 4.69) is 5.32 Å². The summed E-state index contributed by atoms with van der Waals surface area (Å²) in [5.41, 5.74) is 0.634. The first kappa shape index (κ1) is 21.7. The molecule has 2 amide bonds. The number of hydrogen-bond acceptors (Lipinski definition) is 5. The van der Waals surface area contributed by atoms with Crippen molar-refractivity contribution in [2.45, 2.75) is 31.1 Å². The number of nitrogens with one attached hydrogen (secondary N) is 1. The number of sulfonamides is 1. The lowest BCUT2D eigenvalue weighted by molar-refractivity contribution is -0.120. The van der Waals surface area contributed by atoms with E-state index in [0.717, 1.165) is 16.7 Å². The molecular formula is C18H27N3O4S2. The molecule has 9 heteroatoms. The summed E-state index contributed by atoms with van der Waals surface area (Å²) in [6.07, 6.45) is 1.93. The summed E-state index contributed by atoms with van der Waals surface area (Å²) in [5, 5.41) is 2.79. The number of anilines is 1. The van der Waals surface area contributed by atoms with Crippen LogP contribution in [-0.4, -0.2) is 61.7 Å². The first-order chi connectivity index (χ1) is 12.7. The van der Waals surface area contributed by atoms with Gasteiger partial charge in [0.2, 0.25) is 15.9 Å². The van der Waals surface area contributed by atoms with Crippen LogP contribution in [0.1, 0.15) is 26.2 Å². The average molecular weight is 414 g/mol. The van der Waals surface area contributed by atoms with E-state index in [1.807, 2.05) is 6.92 Å². The van der Waals surface area contributed by atoms with Crippen LogP contribution in [0.5, 0.6) is 0 Å². The molecule has 1 fully saturated rings. The molecule has 7 nitrogen and oxygen atoms in total. The highest BCUT2D eigenvalue weighted by Gasteiger charge is 2.31.